The maximum Gasteiger partial charge on any atom is 0.0754 e. The number of nitrogens with zero attached hydrogens (tertiary/aromatic N) is 1. The third-order valence-electron chi connectivity index (χ3n) is 4.01. The van der Waals surface area contributed by atoms with Crippen molar-refractivity contribution in [3.8, 4) is 6.07 Å². The van der Waals surface area contributed by atoms with E-state index in [-0.39, 0.29) is 10.8 Å². The first kappa shape index (κ1) is 14.2. The Kier molecular flexibility index (Phi) is 3.80. The van der Waals surface area contributed by atoms with Crippen LogP contribution in [0.4, 0.5) is 0 Å². The first-order valence-electron chi connectivity index (χ1n) is 5.53. The number of nitriles is 1. The van der Waals surface area contributed by atoms with Crippen molar-refractivity contribution in [1.82, 2.24) is 0 Å². The van der Waals surface area contributed by atoms with Gasteiger partial charge >= 0.3 is 0 Å². The summed E-state index contributed by atoms with van der Waals surface area (Å²) in [5.74, 6) is 0. The van der Waals surface area contributed by atoms with E-state index in [0.717, 1.165) is 12.0 Å². The van der Waals surface area contributed by atoms with Crippen molar-refractivity contribution in [2.24, 2.45) is 16.2 Å². The smallest absolute Gasteiger partial charge is 0.0754 e. The zero-order valence-corrected chi connectivity index (χ0v) is 11.4. The maximum absolute atomic E-state index is 9.27. The van der Waals surface area contributed by atoms with E-state index in [1.54, 1.807) is 0 Å². The van der Waals surface area contributed by atoms with Gasteiger partial charge in [-0.1, -0.05) is 46.8 Å². The van der Waals surface area contributed by atoms with Gasteiger partial charge in [0.15, 0.2) is 0 Å². The molecule has 1 unspecified atom stereocenters. The highest BCUT2D eigenvalue weighted by Gasteiger charge is 2.40. The van der Waals surface area contributed by atoms with Crippen LogP contribution in [0.1, 0.15) is 54.9 Å². The van der Waals surface area contributed by atoms with Crippen molar-refractivity contribution < 1.29 is 0 Å². The Morgan fingerprint density at radius 2 is 1.53 bits per heavy atom. The summed E-state index contributed by atoms with van der Waals surface area (Å²) in [6.07, 6.45) is 0.856. The molecule has 0 heterocycles. The van der Waals surface area contributed by atoms with E-state index < -0.39 is 5.41 Å². The average molecular weight is 207 g/mol. The zero-order chi connectivity index (χ0) is 12.5. The SMILES string of the molecule is C=C(C)C(C)(C#N)CC(C)(C)C(C)(C)C. The molecular formula is C14H25N. The largest absolute Gasteiger partial charge is 0.197 e. The van der Waals surface area contributed by atoms with Gasteiger partial charge in [-0.3, -0.25) is 0 Å². The van der Waals surface area contributed by atoms with Gasteiger partial charge in [-0.05, 0) is 31.1 Å². The molecule has 0 bridgehead atoms. The van der Waals surface area contributed by atoms with Gasteiger partial charge in [0.05, 0.1) is 11.5 Å². The van der Waals surface area contributed by atoms with Gasteiger partial charge in [0.25, 0.3) is 0 Å². The van der Waals surface area contributed by atoms with Gasteiger partial charge in [0.2, 0.25) is 0 Å². The molecule has 0 fully saturated rings. The minimum absolute atomic E-state index is 0.121. The van der Waals surface area contributed by atoms with E-state index in [9.17, 15) is 5.26 Å². The molecule has 0 aromatic carbocycles. The Morgan fingerprint density at radius 1 is 1.13 bits per heavy atom. The second kappa shape index (κ2) is 4.00. The standard InChI is InChI=1S/C14H25N/c1-11(2)14(8,10-15)9-13(6,7)12(3,4)5/h1,9H2,2-8H3. The van der Waals surface area contributed by atoms with E-state index in [2.05, 4.69) is 47.3 Å². The van der Waals surface area contributed by atoms with Crippen LogP contribution in [0.3, 0.4) is 0 Å². The average Bonchev–Trinajstić information content (AvgIpc) is 2.00. The molecule has 0 N–H and O–H groups in total. The third kappa shape index (κ3) is 3.09. The molecule has 0 radical (unpaired) electrons. The quantitative estimate of drug-likeness (QED) is 0.623. The Bertz CT molecular complexity index is 285. The van der Waals surface area contributed by atoms with Crippen LogP contribution in [-0.4, -0.2) is 0 Å². The van der Waals surface area contributed by atoms with Crippen LogP contribution in [0.2, 0.25) is 0 Å². The Labute approximate surface area is 95.2 Å². The molecule has 0 aliphatic carbocycles. The molecular weight excluding hydrogens is 182 g/mol. The minimum atomic E-state index is -0.406. The summed E-state index contributed by atoms with van der Waals surface area (Å²) in [5.41, 5.74) is 0.871. The van der Waals surface area contributed by atoms with Crippen LogP contribution in [0.25, 0.3) is 0 Å². The first-order valence-corrected chi connectivity index (χ1v) is 5.53. The van der Waals surface area contributed by atoms with Crippen LogP contribution in [0.15, 0.2) is 12.2 Å². The number of rotatable bonds is 3. The first-order chi connectivity index (χ1) is 6.46. The van der Waals surface area contributed by atoms with Gasteiger partial charge in [-0.25, -0.2) is 0 Å². The molecule has 0 saturated carbocycles. The molecule has 86 valence electrons. The Balaban J connectivity index is 5.04. The highest BCUT2D eigenvalue weighted by atomic mass is 14.5. The lowest BCUT2D eigenvalue weighted by Gasteiger charge is -2.43. The lowest BCUT2D eigenvalue weighted by atomic mass is 9.61. The van der Waals surface area contributed by atoms with Crippen molar-refractivity contribution in [2.45, 2.75) is 54.9 Å². The Morgan fingerprint density at radius 3 is 1.73 bits per heavy atom. The van der Waals surface area contributed by atoms with E-state index in [0.29, 0.717) is 0 Å². The predicted octanol–water partition coefficient (Wildman–Crippen LogP) is 4.55. The molecule has 1 atom stereocenters. The lowest BCUT2D eigenvalue weighted by molar-refractivity contribution is 0.0904. The third-order valence-corrected chi connectivity index (χ3v) is 4.01. The maximum atomic E-state index is 9.27. The molecule has 1 heteroatoms. The number of hydrogen-bond donors (Lipinski definition) is 0. The normalized spacial score (nSPS) is 16.7. The molecule has 1 nitrogen and oxygen atoms in total. The molecule has 0 spiro atoms. The fourth-order valence-electron chi connectivity index (χ4n) is 1.43. The zero-order valence-electron chi connectivity index (χ0n) is 11.4. The molecule has 0 aromatic heterocycles. The molecule has 0 saturated heterocycles. The fraction of sp³-hybridized carbons (Fsp3) is 0.786. The minimum Gasteiger partial charge on any atom is -0.197 e. The van der Waals surface area contributed by atoms with Gasteiger partial charge in [0.1, 0.15) is 0 Å². The molecule has 0 aliphatic heterocycles. The van der Waals surface area contributed by atoms with Crippen LogP contribution >= 0.6 is 0 Å². The number of allylic oxidation sites excluding steroid dienone is 1. The predicted molar refractivity (Wildman–Crippen MR) is 66.4 cm³/mol. The molecule has 0 aromatic rings. The topological polar surface area (TPSA) is 23.8 Å². The van der Waals surface area contributed by atoms with E-state index >= 15 is 0 Å². The van der Waals surface area contributed by atoms with Gasteiger partial charge in [-0.15, -0.1) is 0 Å². The second-order valence-electron chi connectivity index (χ2n) is 6.53. The van der Waals surface area contributed by atoms with Crippen molar-refractivity contribution in [2.75, 3.05) is 0 Å². The molecule has 15 heavy (non-hydrogen) atoms. The summed E-state index contributed by atoms with van der Waals surface area (Å²) >= 11 is 0. The van der Waals surface area contributed by atoms with Crippen LogP contribution < -0.4 is 0 Å². The van der Waals surface area contributed by atoms with Crippen LogP contribution in [0.5, 0.6) is 0 Å². The second-order valence-corrected chi connectivity index (χ2v) is 6.53. The summed E-state index contributed by atoms with van der Waals surface area (Å²) in [5, 5.41) is 9.27. The Hall–Kier alpha value is -0.770. The summed E-state index contributed by atoms with van der Waals surface area (Å²) < 4.78 is 0. The van der Waals surface area contributed by atoms with Gasteiger partial charge in [0, 0.05) is 0 Å². The molecule has 0 rings (SSSR count). The summed E-state index contributed by atoms with van der Waals surface area (Å²) in [7, 11) is 0. The van der Waals surface area contributed by atoms with E-state index in [1.165, 1.54) is 0 Å². The van der Waals surface area contributed by atoms with Crippen molar-refractivity contribution in [1.29, 1.82) is 5.26 Å². The molecule has 0 aliphatic rings. The van der Waals surface area contributed by atoms with Crippen LogP contribution in [0, 0.1) is 27.6 Å². The van der Waals surface area contributed by atoms with Crippen molar-refractivity contribution >= 4 is 0 Å². The summed E-state index contributed by atoms with van der Waals surface area (Å²) in [4.78, 5) is 0. The highest BCUT2D eigenvalue weighted by molar-refractivity contribution is 5.18. The fourth-order valence-corrected chi connectivity index (χ4v) is 1.43. The lowest BCUT2D eigenvalue weighted by Crippen LogP contribution is -2.35. The molecule has 0 amide bonds. The van der Waals surface area contributed by atoms with E-state index in [1.807, 2.05) is 13.8 Å². The van der Waals surface area contributed by atoms with Gasteiger partial charge in [-0.2, -0.15) is 5.26 Å². The van der Waals surface area contributed by atoms with Crippen molar-refractivity contribution in [3.63, 3.8) is 0 Å². The summed E-state index contributed by atoms with van der Waals surface area (Å²) in [6, 6.07) is 2.41. The van der Waals surface area contributed by atoms with Crippen LogP contribution in [-0.2, 0) is 0 Å². The summed E-state index contributed by atoms with van der Waals surface area (Å²) in [6.45, 7) is 19.0. The monoisotopic (exact) mass is 207 g/mol. The van der Waals surface area contributed by atoms with Crippen molar-refractivity contribution in [3.05, 3.63) is 12.2 Å². The van der Waals surface area contributed by atoms with Gasteiger partial charge < -0.3 is 0 Å². The highest BCUT2D eigenvalue weighted by Crippen LogP contribution is 2.47. The van der Waals surface area contributed by atoms with E-state index in [4.69, 9.17) is 0 Å². The number of hydrogen-bond acceptors (Lipinski definition) is 1.